The van der Waals surface area contributed by atoms with Crippen molar-refractivity contribution in [1.29, 1.82) is 0 Å². The molecule has 0 spiro atoms. The number of carbonyl (C=O) groups is 1. The number of amides is 1. The van der Waals surface area contributed by atoms with E-state index in [0.717, 1.165) is 9.99 Å². The van der Waals surface area contributed by atoms with E-state index in [9.17, 15) is 4.79 Å². The Labute approximate surface area is 138 Å². The topological polar surface area (TPSA) is 38.8 Å². The fourth-order valence-electron chi connectivity index (χ4n) is 1.73. The maximum absolute atomic E-state index is 12.5. The van der Waals surface area contributed by atoms with Crippen LogP contribution < -0.4 is 0 Å². The van der Waals surface area contributed by atoms with Crippen molar-refractivity contribution in [1.82, 2.24) is 4.90 Å². The summed E-state index contributed by atoms with van der Waals surface area (Å²) in [6, 6.07) is 5.35. The fraction of sp³-hybridized carbons (Fsp3) is 0.500. The highest BCUT2D eigenvalue weighted by atomic mass is 127. The third kappa shape index (κ3) is 5.55. The van der Waals surface area contributed by atoms with Crippen LogP contribution in [0.3, 0.4) is 0 Å². The van der Waals surface area contributed by atoms with E-state index in [1.54, 1.807) is 31.3 Å². The first-order valence-corrected chi connectivity index (χ1v) is 7.78. The summed E-state index contributed by atoms with van der Waals surface area (Å²) in [6.07, 6.45) is 0.796. The number of nitrogens with zero attached hydrogens (tertiary/aromatic N) is 1. The molecule has 0 atom stereocenters. The molecule has 0 unspecified atom stereocenters. The molecule has 0 aromatic heterocycles. The Hall–Kier alpha value is -0.370. The van der Waals surface area contributed by atoms with Gasteiger partial charge in [-0.25, -0.2) is 0 Å². The van der Waals surface area contributed by atoms with Gasteiger partial charge in [0.1, 0.15) is 0 Å². The highest BCUT2D eigenvalue weighted by Gasteiger charge is 2.16. The zero-order valence-corrected chi connectivity index (χ0v) is 14.6. The second kappa shape index (κ2) is 9.55. The molecule has 0 saturated carbocycles. The second-order valence-corrected chi connectivity index (χ2v) is 5.83. The second-order valence-electron chi connectivity index (χ2n) is 4.26. The molecule has 0 N–H and O–H groups in total. The Morgan fingerprint density at radius 3 is 2.55 bits per heavy atom. The van der Waals surface area contributed by atoms with Crippen LogP contribution in [-0.4, -0.2) is 51.3 Å². The molecule has 0 bridgehead atoms. The van der Waals surface area contributed by atoms with E-state index in [0.29, 0.717) is 36.9 Å². The highest BCUT2D eigenvalue weighted by Crippen LogP contribution is 2.20. The number of hydrogen-bond acceptors (Lipinski definition) is 3. The van der Waals surface area contributed by atoms with Crippen LogP contribution in [0.2, 0.25) is 5.02 Å². The molecule has 0 aliphatic heterocycles. The SMILES string of the molecule is COCCCN(CCOC)C(=O)c1ccc(I)c(Cl)c1. The van der Waals surface area contributed by atoms with Crippen LogP contribution >= 0.6 is 34.2 Å². The van der Waals surface area contributed by atoms with E-state index in [1.165, 1.54) is 0 Å². The minimum atomic E-state index is -0.0311. The Balaban J connectivity index is 2.76. The average Bonchev–Trinajstić information content (AvgIpc) is 2.45. The predicted octanol–water partition coefficient (Wildman–Crippen LogP) is 3.07. The standard InChI is InChI=1S/C14H19ClINO3/c1-19-8-3-6-17(7-9-20-2)14(18)11-4-5-13(16)12(15)10-11/h4-5,10H,3,6-9H2,1-2H3. The van der Waals surface area contributed by atoms with Crippen LogP contribution in [0.4, 0.5) is 0 Å². The van der Waals surface area contributed by atoms with E-state index in [1.807, 2.05) is 6.07 Å². The van der Waals surface area contributed by atoms with Crippen LogP contribution in [0, 0.1) is 3.57 Å². The van der Waals surface area contributed by atoms with Crippen molar-refractivity contribution in [3.63, 3.8) is 0 Å². The van der Waals surface area contributed by atoms with E-state index < -0.39 is 0 Å². The summed E-state index contributed by atoms with van der Waals surface area (Å²) in [4.78, 5) is 14.2. The van der Waals surface area contributed by atoms with Crippen LogP contribution in [-0.2, 0) is 9.47 Å². The minimum Gasteiger partial charge on any atom is -0.385 e. The summed E-state index contributed by atoms with van der Waals surface area (Å²) < 4.78 is 11.0. The molecular formula is C14H19ClINO3. The zero-order valence-electron chi connectivity index (χ0n) is 11.7. The largest absolute Gasteiger partial charge is 0.385 e. The Morgan fingerprint density at radius 2 is 1.95 bits per heavy atom. The van der Waals surface area contributed by atoms with Gasteiger partial charge >= 0.3 is 0 Å². The molecule has 4 nitrogen and oxygen atoms in total. The molecule has 1 aromatic rings. The smallest absolute Gasteiger partial charge is 0.253 e. The predicted molar refractivity (Wildman–Crippen MR) is 88.4 cm³/mol. The summed E-state index contributed by atoms with van der Waals surface area (Å²) in [5.74, 6) is -0.0311. The van der Waals surface area contributed by atoms with Crippen LogP contribution in [0.25, 0.3) is 0 Å². The maximum Gasteiger partial charge on any atom is 0.253 e. The third-order valence-corrected chi connectivity index (χ3v) is 4.37. The molecule has 0 fully saturated rings. The lowest BCUT2D eigenvalue weighted by Gasteiger charge is -2.22. The molecule has 0 radical (unpaired) electrons. The van der Waals surface area contributed by atoms with Gasteiger partial charge in [0.05, 0.1) is 11.6 Å². The summed E-state index contributed by atoms with van der Waals surface area (Å²) in [7, 11) is 3.28. The van der Waals surface area contributed by atoms with Gasteiger partial charge in [-0.1, -0.05) is 11.6 Å². The molecule has 20 heavy (non-hydrogen) atoms. The lowest BCUT2D eigenvalue weighted by atomic mass is 10.2. The molecule has 1 rings (SSSR count). The number of ether oxygens (including phenoxy) is 2. The minimum absolute atomic E-state index is 0.0311. The number of hydrogen-bond donors (Lipinski definition) is 0. The summed E-state index contributed by atoms with van der Waals surface area (Å²) in [6.45, 7) is 2.34. The number of benzene rings is 1. The van der Waals surface area contributed by atoms with E-state index >= 15 is 0 Å². The van der Waals surface area contributed by atoms with Crippen molar-refractivity contribution in [3.05, 3.63) is 32.4 Å². The monoisotopic (exact) mass is 411 g/mol. The first kappa shape index (κ1) is 17.7. The number of methoxy groups -OCH3 is 2. The summed E-state index contributed by atoms with van der Waals surface area (Å²) in [5.41, 5.74) is 0.601. The number of halogens is 2. The van der Waals surface area contributed by atoms with Crippen molar-refractivity contribution in [2.24, 2.45) is 0 Å². The van der Waals surface area contributed by atoms with Crippen LogP contribution in [0.1, 0.15) is 16.8 Å². The number of carbonyl (C=O) groups excluding carboxylic acids is 1. The van der Waals surface area contributed by atoms with Gasteiger partial charge in [0.2, 0.25) is 0 Å². The fourth-order valence-corrected chi connectivity index (χ4v) is 2.24. The van der Waals surface area contributed by atoms with Gasteiger partial charge in [-0.3, -0.25) is 4.79 Å². The molecule has 0 aliphatic carbocycles. The quantitative estimate of drug-likeness (QED) is 0.487. The molecule has 0 saturated heterocycles. The lowest BCUT2D eigenvalue weighted by Crippen LogP contribution is -2.35. The average molecular weight is 412 g/mol. The Morgan fingerprint density at radius 1 is 1.25 bits per heavy atom. The van der Waals surface area contributed by atoms with Crippen molar-refractivity contribution < 1.29 is 14.3 Å². The van der Waals surface area contributed by atoms with Gasteiger partial charge < -0.3 is 14.4 Å². The maximum atomic E-state index is 12.5. The van der Waals surface area contributed by atoms with Crippen LogP contribution in [0.5, 0.6) is 0 Å². The normalized spacial score (nSPS) is 10.6. The van der Waals surface area contributed by atoms with Gasteiger partial charge in [-0.2, -0.15) is 0 Å². The Bertz CT molecular complexity index is 442. The Kier molecular flexibility index (Phi) is 8.44. The molecule has 1 amide bonds. The zero-order chi connectivity index (χ0) is 15.0. The molecule has 0 heterocycles. The van der Waals surface area contributed by atoms with E-state index in [4.69, 9.17) is 21.1 Å². The molecule has 1 aromatic carbocycles. The van der Waals surface area contributed by atoms with Crippen molar-refractivity contribution >= 4 is 40.1 Å². The molecular weight excluding hydrogens is 393 g/mol. The summed E-state index contributed by atoms with van der Waals surface area (Å²) in [5, 5.41) is 0.597. The van der Waals surface area contributed by atoms with E-state index in [-0.39, 0.29) is 5.91 Å². The lowest BCUT2D eigenvalue weighted by molar-refractivity contribution is 0.0674. The van der Waals surface area contributed by atoms with Gasteiger partial charge in [0.15, 0.2) is 0 Å². The van der Waals surface area contributed by atoms with Gasteiger partial charge in [-0.15, -0.1) is 0 Å². The first-order valence-electron chi connectivity index (χ1n) is 6.32. The molecule has 6 heteroatoms. The molecule has 0 aliphatic rings. The van der Waals surface area contributed by atoms with E-state index in [2.05, 4.69) is 22.6 Å². The summed E-state index contributed by atoms with van der Waals surface area (Å²) >= 11 is 8.21. The first-order chi connectivity index (χ1) is 9.60. The van der Waals surface area contributed by atoms with Crippen molar-refractivity contribution in [2.75, 3.05) is 40.5 Å². The highest BCUT2D eigenvalue weighted by molar-refractivity contribution is 14.1. The van der Waals surface area contributed by atoms with Crippen molar-refractivity contribution in [3.8, 4) is 0 Å². The van der Waals surface area contributed by atoms with Gasteiger partial charge in [0, 0.05) is 43.0 Å². The van der Waals surface area contributed by atoms with Gasteiger partial charge in [0.25, 0.3) is 5.91 Å². The molecule has 112 valence electrons. The van der Waals surface area contributed by atoms with Crippen LogP contribution in [0.15, 0.2) is 18.2 Å². The van der Waals surface area contributed by atoms with Gasteiger partial charge in [-0.05, 0) is 47.2 Å². The van der Waals surface area contributed by atoms with Crippen molar-refractivity contribution in [2.45, 2.75) is 6.42 Å². The number of rotatable bonds is 8. The third-order valence-electron chi connectivity index (χ3n) is 2.80.